The fourth-order valence-corrected chi connectivity index (χ4v) is 4.54. The van der Waals surface area contributed by atoms with Crippen molar-refractivity contribution >= 4 is 22.2 Å². The van der Waals surface area contributed by atoms with Crippen molar-refractivity contribution in [1.82, 2.24) is 14.3 Å². The fraction of sp³-hybridized carbons (Fsp3) is 0.316. The Hall–Kier alpha value is -2.54. The van der Waals surface area contributed by atoms with Crippen molar-refractivity contribution in [2.75, 3.05) is 7.05 Å². The molecule has 0 aliphatic heterocycles. The Kier molecular flexibility index (Phi) is 4.32. The van der Waals surface area contributed by atoms with Gasteiger partial charge in [-0.05, 0) is 31.7 Å². The van der Waals surface area contributed by atoms with Crippen LogP contribution in [-0.4, -0.2) is 27.2 Å². The average Bonchev–Trinajstić information content (AvgIpc) is 3.02. The second-order valence-electron chi connectivity index (χ2n) is 6.53. The van der Waals surface area contributed by atoms with E-state index in [9.17, 15) is 14.0 Å². The summed E-state index contributed by atoms with van der Waals surface area (Å²) in [4.78, 5) is 33.2. The normalized spacial score (nSPS) is 13.6. The van der Waals surface area contributed by atoms with Crippen LogP contribution in [0.4, 0.5) is 4.39 Å². The molecular weight excluding hydrogens is 353 g/mol. The zero-order chi connectivity index (χ0) is 18.3. The Balaban J connectivity index is 1.70. The summed E-state index contributed by atoms with van der Waals surface area (Å²) in [5.41, 5.74) is 1.08. The van der Waals surface area contributed by atoms with Crippen molar-refractivity contribution in [3.63, 3.8) is 0 Å². The van der Waals surface area contributed by atoms with Crippen LogP contribution in [0.2, 0.25) is 0 Å². The number of halogens is 1. The van der Waals surface area contributed by atoms with Gasteiger partial charge in [-0.3, -0.25) is 14.0 Å². The van der Waals surface area contributed by atoms with Crippen molar-refractivity contribution in [1.29, 1.82) is 0 Å². The van der Waals surface area contributed by atoms with Gasteiger partial charge in [0.1, 0.15) is 11.4 Å². The lowest BCUT2D eigenvalue weighted by atomic mass is 10.0. The number of hydrogen-bond acceptors (Lipinski definition) is 4. The highest BCUT2D eigenvalue weighted by Gasteiger charge is 2.23. The minimum atomic E-state index is -0.448. The molecule has 0 atom stereocenters. The predicted molar refractivity (Wildman–Crippen MR) is 98.2 cm³/mol. The van der Waals surface area contributed by atoms with Gasteiger partial charge in [0.15, 0.2) is 4.96 Å². The second kappa shape index (κ2) is 6.64. The molecule has 0 saturated carbocycles. The Morgan fingerprint density at radius 3 is 2.88 bits per heavy atom. The molecule has 0 bridgehead atoms. The standard InChI is InChI=1S/C19H18FN3O2S/c1-22(11-12-6-2-3-7-14(12)20)17(24)13-10-21-19-23(18(13)25)15-8-4-5-9-16(15)26-19/h2-3,6-7,10H,4-5,8-9,11H2,1H3. The molecule has 5 nitrogen and oxygen atoms in total. The van der Waals surface area contributed by atoms with E-state index in [4.69, 9.17) is 0 Å². The van der Waals surface area contributed by atoms with Crippen molar-refractivity contribution in [2.24, 2.45) is 0 Å². The lowest BCUT2D eigenvalue weighted by Gasteiger charge is -2.17. The number of carbonyl (C=O) groups is 1. The SMILES string of the molecule is CN(Cc1ccccc1F)C(=O)c1cnc2sc3c(n2c1=O)CCCC3. The van der Waals surface area contributed by atoms with Crippen LogP contribution in [0.5, 0.6) is 0 Å². The molecule has 0 spiro atoms. The molecule has 1 aliphatic rings. The van der Waals surface area contributed by atoms with Crippen LogP contribution in [0, 0.1) is 5.82 Å². The predicted octanol–water partition coefficient (Wildman–Crippen LogP) is 3.05. The molecule has 0 fully saturated rings. The van der Waals surface area contributed by atoms with Crippen LogP contribution in [0.25, 0.3) is 4.96 Å². The Labute approximate surface area is 153 Å². The Morgan fingerprint density at radius 1 is 1.31 bits per heavy atom. The first-order valence-electron chi connectivity index (χ1n) is 8.57. The van der Waals surface area contributed by atoms with E-state index in [1.165, 1.54) is 33.4 Å². The largest absolute Gasteiger partial charge is 0.337 e. The molecule has 0 saturated heterocycles. The second-order valence-corrected chi connectivity index (χ2v) is 7.59. The summed E-state index contributed by atoms with van der Waals surface area (Å²) in [5, 5.41) is 0. The highest BCUT2D eigenvalue weighted by Crippen LogP contribution is 2.28. The molecule has 0 N–H and O–H groups in total. The third kappa shape index (κ3) is 2.82. The van der Waals surface area contributed by atoms with Gasteiger partial charge in [0, 0.05) is 35.9 Å². The Bertz CT molecular complexity index is 1060. The monoisotopic (exact) mass is 371 g/mol. The first kappa shape index (κ1) is 16.9. The highest BCUT2D eigenvalue weighted by atomic mass is 32.1. The van der Waals surface area contributed by atoms with Gasteiger partial charge in [0.05, 0.1) is 0 Å². The topological polar surface area (TPSA) is 54.7 Å². The molecule has 2 heterocycles. The maximum Gasteiger partial charge on any atom is 0.271 e. The molecule has 7 heteroatoms. The quantitative estimate of drug-likeness (QED) is 0.711. The summed E-state index contributed by atoms with van der Waals surface area (Å²) in [6.07, 6.45) is 5.29. The van der Waals surface area contributed by atoms with Gasteiger partial charge in [0.25, 0.3) is 11.5 Å². The number of fused-ring (bicyclic) bond motifs is 3. The zero-order valence-electron chi connectivity index (χ0n) is 14.4. The summed E-state index contributed by atoms with van der Waals surface area (Å²) in [5.74, 6) is -0.819. The molecule has 1 aliphatic carbocycles. The lowest BCUT2D eigenvalue weighted by molar-refractivity contribution is 0.0781. The number of rotatable bonds is 3. The number of carbonyl (C=O) groups excluding carboxylic acids is 1. The van der Waals surface area contributed by atoms with Crippen molar-refractivity contribution < 1.29 is 9.18 Å². The molecule has 1 amide bonds. The van der Waals surface area contributed by atoms with E-state index in [-0.39, 0.29) is 23.5 Å². The van der Waals surface area contributed by atoms with Gasteiger partial charge in [0.2, 0.25) is 0 Å². The number of thiazole rings is 1. The number of amides is 1. The number of nitrogens with zero attached hydrogens (tertiary/aromatic N) is 3. The number of benzene rings is 1. The third-order valence-electron chi connectivity index (χ3n) is 4.75. The molecular formula is C19H18FN3O2S. The smallest absolute Gasteiger partial charge is 0.271 e. The summed E-state index contributed by atoms with van der Waals surface area (Å²) >= 11 is 1.52. The molecule has 0 radical (unpaired) electrons. The molecule has 4 rings (SSSR count). The maximum atomic E-state index is 13.8. The van der Waals surface area contributed by atoms with Crippen molar-refractivity contribution in [3.05, 3.63) is 68.3 Å². The van der Waals surface area contributed by atoms with Gasteiger partial charge in [-0.15, -0.1) is 11.3 Å². The minimum Gasteiger partial charge on any atom is -0.337 e. The summed E-state index contributed by atoms with van der Waals surface area (Å²) in [7, 11) is 1.56. The van der Waals surface area contributed by atoms with E-state index in [2.05, 4.69) is 4.98 Å². The lowest BCUT2D eigenvalue weighted by Crippen LogP contribution is -2.33. The van der Waals surface area contributed by atoms with E-state index in [1.54, 1.807) is 29.6 Å². The number of aromatic nitrogens is 2. The van der Waals surface area contributed by atoms with Gasteiger partial charge >= 0.3 is 0 Å². The molecule has 1 aromatic carbocycles. The average molecular weight is 371 g/mol. The van der Waals surface area contributed by atoms with Gasteiger partial charge < -0.3 is 4.90 Å². The van der Waals surface area contributed by atoms with Gasteiger partial charge in [-0.2, -0.15) is 0 Å². The molecule has 2 aromatic heterocycles. The van der Waals surface area contributed by atoms with E-state index in [1.807, 2.05) is 0 Å². The summed E-state index contributed by atoms with van der Waals surface area (Å²) < 4.78 is 15.4. The highest BCUT2D eigenvalue weighted by molar-refractivity contribution is 7.17. The van der Waals surface area contributed by atoms with E-state index < -0.39 is 5.91 Å². The summed E-state index contributed by atoms with van der Waals surface area (Å²) in [6.45, 7) is 0.0927. The van der Waals surface area contributed by atoms with Crippen molar-refractivity contribution in [3.8, 4) is 0 Å². The molecule has 3 aromatic rings. The fourth-order valence-electron chi connectivity index (χ4n) is 3.37. The van der Waals surface area contributed by atoms with Crippen LogP contribution in [0.15, 0.2) is 35.3 Å². The van der Waals surface area contributed by atoms with Crippen LogP contribution in [0.1, 0.15) is 39.3 Å². The number of aryl methyl sites for hydroxylation is 2. The van der Waals surface area contributed by atoms with Crippen LogP contribution < -0.4 is 5.56 Å². The van der Waals surface area contributed by atoms with Crippen LogP contribution >= 0.6 is 11.3 Å². The van der Waals surface area contributed by atoms with E-state index in [0.717, 1.165) is 31.4 Å². The van der Waals surface area contributed by atoms with E-state index >= 15 is 0 Å². The Morgan fingerprint density at radius 2 is 2.08 bits per heavy atom. The first-order chi connectivity index (χ1) is 12.6. The number of hydrogen-bond donors (Lipinski definition) is 0. The molecule has 0 unspecified atom stereocenters. The zero-order valence-corrected chi connectivity index (χ0v) is 15.2. The van der Waals surface area contributed by atoms with E-state index in [0.29, 0.717) is 10.5 Å². The van der Waals surface area contributed by atoms with Crippen LogP contribution in [0.3, 0.4) is 0 Å². The minimum absolute atomic E-state index is 0.0208. The third-order valence-corrected chi connectivity index (χ3v) is 5.90. The summed E-state index contributed by atoms with van der Waals surface area (Å²) in [6, 6.07) is 6.30. The maximum absolute atomic E-state index is 13.8. The molecule has 26 heavy (non-hydrogen) atoms. The molecule has 134 valence electrons. The first-order valence-corrected chi connectivity index (χ1v) is 9.39. The van der Waals surface area contributed by atoms with Crippen LogP contribution in [-0.2, 0) is 19.4 Å². The van der Waals surface area contributed by atoms with Gasteiger partial charge in [-0.25, -0.2) is 9.37 Å². The van der Waals surface area contributed by atoms with Crippen molar-refractivity contribution in [2.45, 2.75) is 32.2 Å². The van der Waals surface area contributed by atoms with Gasteiger partial charge in [-0.1, -0.05) is 18.2 Å².